The number of anilines is 1. The minimum absolute atomic E-state index is 0.0181. The lowest BCUT2D eigenvalue weighted by Gasteiger charge is -2.13. The van der Waals surface area contributed by atoms with E-state index in [1.807, 2.05) is 0 Å². The molecule has 0 radical (unpaired) electrons. The van der Waals surface area contributed by atoms with Crippen LogP contribution < -0.4 is 14.2 Å². The van der Waals surface area contributed by atoms with E-state index >= 15 is 0 Å². The quantitative estimate of drug-likeness (QED) is 0.639. The van der Waals surface area contributed by atoms with E-state index in [9.17, 15) is 13.2 Å². The number of nitrogens with one attached hydrogen (secondary N) is 1. The van der Waals surface area contributed by atoms with Crippen molar-refractivity contribution in [3.63, 3.8) is 0 Å². The number of aromatic nitrogens is 1. The summed E-state index contributed by atoms with van der Waals surface area (Å²) in [6, 6.07) is 9.01. The van der Waals surface area contributed by atoms with Crippen LogP contribution in [-0.4, -0.2) is 51.7 Å². The highest BCUT2D eigenvalue weighted by atomic mass is 32.2. The molecule has 3 aromatic rings. The van der Waals surface area contributed by atoms with Gasteiger partial charge in [-0.1, -0.05) is 5.16 Å². The van der Waals surface area contributed by atoms with Crippen molar-refractivity contribution in [1.82, 2.24) is 10.1 Å². The van der Waals surface area contributed by atoms with Crippen molar-refractivity contribution < 1.29 is 27.2 Å². The van der Waals surface area contributed by atoms with Crippen LogP contribution in [0.2, 0.25) is 0 Å². The summed E-state index contributed by atoms with van der Waals surface area (Å²) >= 11 is 0. The number of benzene rings is 2. The van der Waals surface area contributed by atoms with Gasteiger partial charge in [0.15, 0.2) is 11.3 Å². The summed E-state index contributed by atoms with van der Waals surface area (Å²) in [6.07, 6.45) is 1.88. The molecule has 1 aliphatic rings. The highest BCUT2D eigenvalue weighted by Crippen LogP contribution is 2.29. The molecule has 9 nitrogen and oxygen atoms in total. The SMILES string of the molecule is COc1cc(NS(=O)(=O)c2ccc3onc(C(=O)N4CCCC4)c3c2)cc(OC)c1. The van der Waals surface area contributed by atoms with Crippen molar-refractivity contribution in [1.29, 1.82) is 0 Å². The fourth-order valence-electron chi connectivity index (χ4n) is 3.39. The first-order chi connectivity index (χ1) is 14.4. The molecule has 1 fully saturated rings. The Bertz CT molecular complexity index is 1180. The molecular weight excluding hydrogens is 410 g/mol. The van der Waals surface area contributed by atoms with Crippen LogP contribution >= 0.6 is 0 Å². The molecule has 1 aromatic heterocycles. The summed E-state index contributed by atoms with van der Waals surface area (Å²) in [5, 5.41) is 4.24. The van der Waals surface area contributed by atoms with E-state index in [1.54, 1.807) is 23.1 Å². The molecule has 0 unspecified atom stereocenters. The maximum Gasteiger partial charge on any atom is 0.276 e. The number of sulfonamides is 1. The predicted octanol–water partition coefficient (Wildman–Crippen LogP) is 2.88. The van der Waals surface area contributed by atoms with E-state index in [-0.39, 0.29) is 22.2 Å². The van der Waals surface area contributed by atoms with E-state index in [0.29, 0.717) is 35.6 Å². The van der Waals surface area contributed by atoms with Gasteiger partial charge in [-0.25, -0.2) is 8.42 Å². The molecule has 10 heteroatoms. The van der Waals surface area contributed by atoms with Gasteiger partial charge in [-0.2, -0.15) is 0 Å². The lowest BCUT2D eigenvalue weighted by atomic mass is 10.2. The maximum atomic E-state index is 13.0. The monoisotopic (exact) mass is 431 g/mol. The molecule has 4 rings (SSSR count). The lowest BCUT2D eigenvalue weighted by Crippen LogP contribution is -2.28. The number of amides is 1. The molecule has 0 bridgehead atoms. The Hall–Kier alpha value is -3.27. The van der Waals surface area contributed by atoms with Gasteiger partial charge in [-0.3, -0.25) is 9.52 Å². The van der Waals surface area contributed by atoms with Gasteiger partial charge in [0.05, 0.1) is 30.2 Å². The number of rotatable bonds is 6. The van der Waals surface area contributed by atoms with Crippen LogP contribution in [0.3, 0.4) is 0 Å². The Morgan fingerprint density at radius 3 is 2.37 bits per heavy atom. The van der Waals surface area contributed by atoms with Crippen molar-refractivity contribution in [2.75, 3.05) is 32.0 Å². The molecule has 2 aromatic carbocycles. The van der Waals surface area contributed by atoms with Gasteiger partial charge in [0.25, 0.3) is 15.9 Å². The molecule has 1 N–H and O–H groups in total. The first-order valence-corrected chi connectivity index (χ1v) is 10.8. The Labute approximate surface area is 173 Å². The summed E-state index contributed by atoms with van der Waals surface area (Å²) in [5.74, 6) is 0.631. The van der Waals surface area contributed by atoms with Crippen LogP contribution in [0.15, 0.2) is 45.8 Å². The molecule has 1 saturated heterocycles. The minimum atomic E-state index is -3.95. The fourth-order valence-corrected chi connectivity index (χ4v) is 4.46. The molecule has 2 heterocycles. The van der Waals surface area contributed by atoms with Crippen molar-refractivity contribution in [3.8, 4) is 11.5 Å². The number of ether oxygens (including phenoxy) is 2. The van der Waals surface area contributed by atoms with Gasteiger partial charge in [-0.05, 0) is 31.0 Å². The fraction of sp³-hybridized carbons (Fsp3) is 0.300. The van der Waals surface area contributed by atoms with Crippen LogP contribution in [0.5, 0.6) is 11.5 Å². The predicted molar refractivity (Wildman–Crippen MR) is 110 cm³/mol. The summed E-state index contributed by atoms with van der Waals surface area (Å²) in [4.78, 5) is 14.4. The maximum absolute atomic E-state index is 13.0. The summed E-state index contributed by atoms with van der Waals surface area (Å²) < 4.78 is 44.0. The Kier molecular flexibility index (Phi) is 5.25. The van der Waals surface area contributed by atoms with E-state index in [2.05, 4.69) is 9.88 Å². The molecule has 0 spiro atoms. The van der Waals surface area contributed by atoms with E-state index in [1.165, 1.54) is 32.4 Å². The molecular formula is C20H21N3O6S. The van der Waals surface area contributed by atoms with Gasteiger partial charge in [0.2, 0.25) is 0 Å². The number of nitrogens with zero attached hydrogens (tertiary/aromatic N) is 2. The zero-order chi connectivity index (χ0) is 21.3. The van der Waals surface area contributed by atoms with Crippen molar-refractivity contribution in [2.24, 2.45) is 0 Å². The lowest BCUT2D eigenvalue weighted by molar-refractivity contribution is 0.0784. The number of carbonyl (C=O) groups is 1. The standard InChI is InChI=1S/C20H21N3O6S/c1-27-14-9-13(10-15(11-14)28-2)22-30(25,26)16-5-6-18-17(12-16)19(21-29-18)20(24)23-7-3-4-8-23/h5-6,9-12,22H,3-4,7-8H2,1-2H3. The van der Waals surface area contributed by atoms with Crippen molar-refractivity contribution in [2.45, 2.75) is 17.7 Å². The normalized spacial score (nSPS) is 14.1. The second kappa shape index (κ2) is 7.86. The van der Waals surface area contributed by atoms with E-state index in [0.717, 1.165) is 12.8 Å². The van der Waals surface area contributed by atoms with Gasteiger partial charge in [0.1, 0.15) is 11.5 Å². The number of fused-ring (bicyclic) bond motifs is 1. The Morgan fingerprint density at radius 1 is 1.07 bits per heavy atom. The van der Waals surface area contributed by atoms with Crippen LogP contribution in [-0.2, 0) is 10.0 Å². The first kappa shape index (κ1) is 20.0. The number of hydrogen-bond donors (Lipinski definition) is 1. The average Bonchev–Trinajstić information content (AvgIpc) is 3.42. The first-order valence-electron chi connectivity index (χ1n) is 9.36. The van der Waals surface area contributed by atoms with Crippen molar-refractivity contribution >= 4 is 32.6 Å². The average molecular weight is 431 g/mol. The van der Waals surface area contributed by atoms with Crippen LogP contribution in [0.25, 0.3) is 11.0 Å². The van der Waals surface area contributed by atoms with Gasteiger partial charge < -0.3 is 18.9 Å². The smallest absolute Gasteiger partial charge is 0.276 e. The van der Waals surface area contributed by atoms with Crippen LogP contribution in [0.4, 0.5) is 5.69 Å². The number of hydrogen-bond acceptors (Lipinski definition) is 7. The second-order valence-electron chi connectivity index (χ2n) is 6.90. The highest BCUT2D eigenvalue weighted by Gasteiger charge is 2.26. The molecule has 1 amide bonds. The molecule has 158 valence electrons. The van der Waals surface area contributed by atoms with Gasteiger partial charge >= 0.3 is 0 Å². The van der Waals surface area contributed by atoms with Crippen LogP contribution in [0.1, 0.15) is 23.3 Å². The molecule has 0 saturated carbocycles. The minimum Gasteiger partial charge on any atom is -0.497 e. The number of methoxy groups -OCH3 is 2. The Balaban J connectivity index is 1.68. The number of likely N-dealkylation sites (tertiary alicyclic amines) is 1. The van der Waals surface area contributed by atoms with E-state index < -0.39 is 10.0 Å². The highest BCUT2D eigenvalue weighted by molar-refractivity contribution is 7.92. The van der Waals surface area contributed by atoms with Crippen LogP contribution in [0, 0.1) is 0 Å². The second-order valence-corrected chi connectivity index (χ2v) is 8.58. The van der Waals surface area contributed by atoms with Gasteiger partial charge in [0, 0.05) is 31.3 Å². The zero-order valence-corrected chi connectivity index (χ0v) is 17.4. The largest absolute Gasteiger partial charge is 0.497 e. The van der Waals surface area contributed by atoms with Gasteiger partial charge in [-0.15, -0.1) is 0 Å². The third-order valence-corrected chi connectivity index (χ3v) is 6.33. The third-order valence-electron chi connectivity index (χ3n) is 4.95. The third kappa shape index (κ3) is 3.78. The molecule has 0 aliphatic carbocycles. The summed E-state index contributed by atoms with van der Waals surface area (Å²) in [6.45, 7) is 1.31. The summed E-state index contributed by atoms with van der Waals surface area (Å²) in [5.41, 5.74) is 0.747. The number of carbonyl (C=O) groups excluding carboxylic acids is 1. The molecule has 1 aliphatic heterocycles. The molecule has 30 heavy (non-hydrogen) atoms. The zero-order valence-electron chi connectivity index (χ0n) is 16.5. The summed E-state index contributed by atoms with van der Waals surface area (Å²) in [7, 11) is -0.994. The topological polar surface area (TPSA) is 111 Å². The molecule has 0 atom stereocenters. The van der Waals surface area contributed by atoms with Crippen molar-refractivity contribution in [3.05, 3.63) is 42.1 Å². The van der Waals surface area contributed by atoms with E-state index in [4.69, 9.17) is 14.0 Å². The Morgan fingerprint density at radius 2 is 1.73 bits per heavy atom.